The molecule has 0 aromatic carbocycles. The van der Waals surface area contributed by atoms with E-state index in [9.17, 15) is 4.79 Å². The van der Waals surface area contributed by atoms with Gasteiger partial charge in [-0.3, -0.25) is 0 Å². The summed E-state index contributed by atoms with van der Waals surface area (Å²) in [5.74, 6) is 0.954. The van der Waals surface area contributed by atoms with E-state index in [1.807, 2.05) is 27.8 Å². The molecule has 2 aliphatic rings. The summed E-state index contributed by atoms with van der Waals surface area (Å²) in [6.45, 7) is 7.26. The monoisotopic (exact) mass is 366 g/mol. The highest BCUT2D eigenvalue weighted by Crippen LogP contribution is 2.31. The van der Waals surface area contributed by atoms with Crippen molar-refractivity contribution in [3.63, 3.8) is 0 Å². The third-order valence-corrected chi connectivity index (χ3v) is 5.00. The largest absolute Gasteiger partial charge is 0.444 e. The van der Waals surface area contributed by atoms with Crippen LogP contribution in [0.5, 0.6) is 0 Å². The molecule has 6 nitrogen and oxygen atoms in total. The molecule has 1 amide bonds. The number of hydrogen-bond acceptors (Lipinski definition) is 5. The standard InChI is InChI=1S/C18H27ClN4O2/c1-18(2,3)25-17(24)22(4)12-9-10-23(11-12)15-13-7-5-6-8-14(13)20-16(19)21-15/h12H,5-11H2,1-4H3/t12-/m0/s1. The van der Waals surface area contributed by atoms with Crippen LogP contribution in [0.1, 0.15) is 51.3 Å². The maximum Gasteiger partial charge on any atom is 0.410 e. The first-order valence-electron chi connectivity index (χ1n) is 9.00. The van der Waals surface area contributed by atoms with Crippen molar-refractivity contribution in [3.05, 3.63) is 16.5 Å². The van der Waals surface area contributed by atoms with Crippen LogP contribution in [0.4, 0.5) is 10.6 Å². The second-order valence-electron chi connectivity index (χ2n) is 7.93. The lowest BCUT2D eigenvalue weighted by Gasteiger charge is -2.29. The number of rotatable bonds is 2. The Labute approximate surface area is 154 Å². The van der Waals surface area contributed by atoms with Crippen molar-refractivity contribution in [2.45, 2.75) is 64.5 Å². The van der Waals surface area contributed by atoms with Gasteiger partial charge in [-0.15, -0.1) is 0 Å². The van der Waals surface area contributed by atoms with Gasteiger partial charge in [-0.05, 0) is 64.5 Å². The van der Waals surface area contributed by atoms with Gasteiger partial charge in [0, 0.05) is 25.7 Å². The van der Waals surface area contributed by atoms with Crippen LogP contribution in [-0.2, 0) is 17.6 Å². The van der Waals surface area contributed by atoms with E-state index in [4.69, 9.17) is 16.3 Å². The predicted molar refractivity (Wildman–Crippen MR) is 98.3 cm³/mol. The molecule has 0 bridgehead atoms. The Morgan fingerprint density at radius 2 is 2.00 bits per heavy atom. The number of aryl methyl sites for hydroxylation is 1. The van der Waals surface area contributed by atoms with Crippen LogP contribution in [0.3, 0.4) is 0 Å². The Kier molecular flexibility index (Phi) is 5.09. The van der Waals surface area contributed by atoms with Crippen molar-refractivity contribution < 1.29 is 9.53 Å². The fourth-order valence-corrected chi connectivity index (χ4v) is 3.72. The molecule has 3 rings (SSSR count). The van der Waals surface area contributed by atoms with Gasteiger partial charge >= 0.3 is 6.09 Å². The molecule has 1 aliphatic heterocycles. The van der Waals surface area contributed by atoms with Crippen molar-refractivity contribution in [2.75, 3.05) is 25.0 Å². The van der Waals surface area contributed by atoms with Gasteiger partial charge in [-0.25, -0.2) is 14.8 Å². The minimum atomic E-state index is -0.483. The highest BCUT2D eigenvalue weighted by atomic mass is 35.5. The molecule has 0 unspecified atom stereocenters. The molecule has 1 atom stereocenters. The summed E-state index contributed by atoms with van der Waals surface area (Å²) >= 11 is 6.15. The fourth-order valence-electron chi connectivity index (χ4n) is 3.54. The molecule has 1 aromatic rings. The summed E-state index contributed by atoms with van der Waals surface area (Å²) < 4.78 is 5.48. The van der Waals surface area contributed by atoms with Gasteiger partial charge in [0.15, 0.2) is 0 Å². The minimum Gasteiger partial charge on any atom is -0.444 e. The van der Waals surface area contributed by atoms with Gasteiger partial charge in [0.1, 0.15) is 11.4 Å². The average molecular weight is 367 g/mol. The molecule has 25 heavy (non-hydrogen) atoms. The van der Waals surface area contributed by atoms with Crippen molar-refractivity contribution in [1.82, 2.24) is 14.9 Å². The van der Waals surface area contributed by atoms with E-state index in [0.717, 1.165) is 50.3 Å². The summed E-state index contributed by atoms with van der Waals surface area (Å²) in [6, 6.07) is 0.114. The SMILES string of the molecule is CN(C(=O)OC(C)(C)C)[C@H]1CCN(c2nc(Cl)nc3c2CCCC3)C1. The van der Waals surface area contributed by atoms with Gasteiger partial charge in [0.2, 0.25) is 5.28 Å². The van der Waals surface area contributed by atoms with E-state index in [2.05, 4.69) is 14.9 Å². The average Bonchev–Trinajstić information content (AvgIpc) is 3.01. The Morgan fingerprint density at radius 3 is 2.72 bits per heavy atom. The number of fused-ring (bicyclic) bond motifs is 1. The molecule has 2 heterocycles. The van der Waals surface area contributed by atoms with Gasteiger partial charge in [-0.1, -0.05) is 0 Å². The normalized spacial score (nSPS) is 20.4. The van der Waals surface area contributed by atoms with Crippen LogP contribution >= 0.6 is 11.6 Å². The van der Waals surface area contributed by atoms with E-state index in [1.54, 1.807) is 4.90 Å². The van der Waals surface area contributed by atoms with E-state index in [0.29, 0.717) is 5.28 Å². The number of hydrogen-bond donors (Lipinski definition) is 0. The predicted octanol–water partition coefficient (Wildman–Crippen LogP) is 3.45. The molecule has 1 aliphatic carbocycles. The molecule has 138 valence electrons. The van der Waals surface area contributed by atoms with E-state index < -0.39 is 5.60 Å². The number of halogens is 1. The highest BCUT2D eigenvalue weighted by molar-refractivity contribution is 6.28. The lowest BCUT2D eigenvalue weighted by atomic mass is 9.96. The second kappa shape index (κ2) is 6.98. The number of anilines is 1. The summed E-state index contributed by atoms with van der Waals surface area (Å²) in [5, 5.41) is 0.319. The van der Waals surface area contributed by atoms with Gasteiger partial charge in [0.05, 0.1) is 11.7 Å². The van der Waals surface area contributed by atoms with Crippen molar-refractivity contribution in [1.29, 1.82) is 0 Å². The lowest BCUT2D eigenvalue weighted by Crippen LogP contribution is -2.42. The van der Waals surface area contributed by atoms with Crippen LogP contribution < -0.4 is 4.90 Å². The Balaban J connectivity index is 1.73. The summed E-state index contributed by atoms with van der Waals surface area (Å²) in [7, 11) is 1.81. The number of amides is 1. The van der Waals surface area contributed by atoms with Gasteiger partial charge < -0.3 is 14.5 Å². The zero-order valence-corrected chi connectivity index (χ0v) is 16.3. The molecule has 0 N–H and O–H groups in total. The third-order valence-electron chi connectivity index (χ3n) is 4.83. The molecule has 0 radical (unpaired) electrons. The molecular formula is C18H27ClN4O2. The number of aromatic nitrogens is 2. The number of carbonyl (C=O) groups is 1. The maximum atomic E-state index is 12.3. The van der Waals surface area contributed by atoms with Crippen LogP contribution in [0, 0.1) is 0 Å². The first-order valence-corrected chi connectivity index (χ1v) is 9.38. The third kappa shape index (κ3) is 4.17. The first kappa shape index (κ1) is 18.2. The lowest BCUT2D eigenvalue weighted by molar-refractivity contribution is 0.0238. The summed E-state index contributed by atoms with van der Waals surface area (Å²) in [4.78, 5) is 25.2. The Morgan fingerprint density at radius 1 is 1.28 bits per heavy atom. The minimum absolute atomic E-state index is 0.114. The Bertz CT molecular complexity index is 659. The summed E-state index contributed by atoms with van der Waals surface area (Å²) in [6.07, 6.45) is 4.92. The van der Waals surface area contributed by atoms with E-state index in [1.165, 1.54) is 12.0 Å². The van der Waals surface area contributed by atoms with Crippen molar-refractivity contribution >= 4 is 23.5 Å². The molecule has 0 spiro atoms. The Hall–Kier alpha value is -1.56. The van der Waals surface area contributed by atoms with Crippen LogP contribution in [-0.4, -0.2) is 52.7 Å². The zero-order chi connectivity index (χ0) is 18.2. The molecule has 1 fully saturated rings. The number of nitrogens with zero attached hydrogens (tertiary/aromatic N) is 4. The molecular weight excluding hydrogens is 340 g/mol. The van der Waals surface area contributed by atoms with Gasteiger partial charge in [-0.2, -0.15) is 0 Å². The molecule has 7 heteroatoms. The van der Waals surface area contributed by atoms with Gasteiger partial charge in [0.25, 0.3) is 0 Å². The van der Waals surface area contributed by atoms with E-state index >= 15 is 0 Å². The highest BCUT2D eigenvalue weighted by Gasteiger charge is 2.33. The fraction of sp³-hybridized carbons (Fsp3) is 0.722. The maximum absolute atomic E-state index is 12.3. The quantitative estimate of drug-likeness (QED) is 0.750. The number of likely N-dealkylation sites (N-methyl/N-ethyl adjacent to an activating group) is 1. The van der Waals surface area contributed by atoms with E-state index in [-0.39, 0.29) is 12.1 Å². The van der Waals surface area contributed by atoms with Crippen molar-refractivity contribution in [2.24, 2.45) is 0 Å². The zero-order valence-electron chi connectivity index (χ0n) is 15.5. The first-order chi connectivity index (χ1) is 11.7. The second-order valence-corrected chi connectivity index (χ2v) is 8.27. The summed E-state index contributed by atoms with van der Waals surface area (Å²) in [5.41, 5.74) is 1.84. The molecule has 0 saturated carbocycles. The van der Waals surface area contributed by atoms with Crippen molar-refractivity contribution in [3.8, 4) is 0 Å². The number of carbonyl (C=O) groups excluding carboxylic acids is 1. The molecule has 1 saturated heterocycles. The van der Waals surface area contributed by atoms with Crippen LogP contribution in [0.15, 0.2) is 0 Å². The van der Waals surface area contributed by atoms with Crippen LogP contribution in [0.25, 0.3) is 0 Å². The number of ether oxygens (including phenoxy) is 1. The van der Waals surface area contributed by atoms with Crippen LogP contribution in [0.2, 0.25) is 5.28 Å². The smallest absolute Gasteiger partial charge is 0.410 e. The molecule has 1 aromatic heterocycles. The topological polar surface area (TPSA) is 58.6 Å².